The van der Waals surface area contributed by atoms with Gasteiger partial charge in [-0.1, -0.05) is 323 Å². The molecule has 0 aromatic heterocycles. The van der Waals surface area contributed by atoms with Gasteiger partial charge in [0.1, 0.15) is 0 Å². The lowest BCUT2D eigenvalue weighted by molar-refractivity contribution is -0.313. The lowest BCUT2D eigenvalue weighted by Gasteiger charge is -2.28. The van der Waals surface area contributed by atoms with Crippen LogP contribution in [-0.2, 0) is 4.79 Å². The summed E-state index contributed by atoms with van der Waals surface area (Å²) in [5.41, 5.74) is 0. The Morgan fingerprint density at radius 1 is 0.259 bits per heavy atom. The average molecular weight is 817 g/mol. The molecule has 0 N–H and O–H groups in total. The third-order valence-electron chi connectivity index (χ3n) is 13.8. The molecule has 0 bridgehead atoms. The Morgan fingerprint density at radius 3 is 0.586 bits per heavy atom. The van der Waals surface area contributed by atoms with Gasteiger partial charge in [-0.2, -0.15) is 0 Å². The van der Waals surface area contributed by atoms with Gasteiger partial charge in [0.15, 0.2) is 0 Å². The molecule has 348 valence electrons. The molecule has 2 unspecified atom stereocenters. The van der Waals surface area contributed by atoms with Crippen LogP contribution < -0.4 is 5.11 Å². The van der Waals surface area contributed by atoms with Crippen LogP contribution in [0.1, 0.15) is 342 Å². The van der Waals surface area contributed by atoms with Gasteiger partial charge < -0.3 is 9.90 Å². The SMILES string of the molecule is CCCCCCCCCCCCCCCCCCCCC(C(=O)[O-])C(CCCCCCCCCCCCCCCC)CCCCCCCCCCCCCCCCC. The van der Waals surface area contributed by atoms with Crippen molar-refractivity contribution < 1.29 is 9.90 Å². The molecule has 0 aromatic rings. The number of carboxylic acids is 1. The average Bonchev–Trinajstić information content (AvgIpc) is 3.22. The maximum Gasteiger partial charge on any atom is 0.0448 e. The first-order valence-corrected chi connectivity index (χ1v) is 27.9. The minimum absolute atomic E-state index is 0.227. The van der Waals surface area contributed by atoms with E-state index in [0.29, 0.717) is 5.92 Å². The molecule has 0 heterocycles. The molecule has 0 aromatic carbocycles. The minimum Gasteiger partial charge on any atom is -0.550 e. The highest BCUT2D eigenvalue weighted by molar-refractivity contribution is 5.67. The molecule has 0 fully saturated rings. The molecule has 0 aliphatic carbocycles. The zero-order chi connectivity index (χ0) is 42.1. The summed E-state index contributed by atoms with van der Waals surface area (Å²) < 4.78 is 0. The molecule has 0 aliphatic heterocycles. The van der Waals surface area contributed by atoms with Crippen molar-refractivity contribution in [3.63, 3.8) is 0 Å². The number of rotatable bonds is 52. The standard InChI is InChI=1S/C56H112O2/c1-4-7-10-13-16-19-22-25-28-29-30-32-35-38-41-44-47-50-53-55(56(57)58)54(51-48-45-42-39-36-33-27-24-21-18-15-12-9-6-3)52-49-46-43-40-37-34-31-26-23-20-17-14-11-8-5-2/h54-55H,4-53H2,1-3H3,(H,57,58)/p-1. The molecular weight excluding hydrogens is 705 g/mol. The zero-order valence-corrected chi connectivity index (χ0v) is 40.8. The van der Waals surface area contributed by atoms with E-state index in [2.05, 4.69) is 20.8 Å². The molecule has 2 nitrogen and oxygen atoms in total. The maximum absolute atomic E-state index is 12.6. The van der Waals surface area contributed by atoms with Gasteiger partial charge in [0.05, 0.1) is 0 Å². The predicted molar refractivity (Wildman–Crippen MR) is 260 cm³/mol. The molecule has 2 atom stereocenters. The van der Waals surface area contributed by atoms with Crippen LogP contribution in [0.2, 0.25) is 0 Å². The fourth-order valence-electron chi connectivity index (χ4n) is 9.74. The van der Waals surface area contributed by atoms with Crippen molar-refractivity contribution in [2.45, 2.75) is 342 Å². The first-order valence-electron chi connectivity index (χ1n) is 27.9. The van der Waals surface area contributed by atoms with Crippen molar-refractivity contribution in [3.05, 3.63) is 0 Å². The van der Waals surface area contributed by atoms with Crippen LogP contribution in [0.4, 0.5) is 0 Å². The Kier molecular flexibility index (Phi) is 50.4. The zero-order valence-electron chi connectivity index (χ0n) is 40.8. The van der Waals surface area contributed by atoms with E-state index in [1.165, 1.54) is 295 Å². The summed E-state index contributed by atoms with van der Waals surface area (Å²) in [6.45, 7) is 6.90. The molecule has 0 spiro atoms. The van der Waals surface area contributed by atoms with Crippen LogP contribution in [0.5, 0.6) is 0 Å². The Labute approximate surface area is 368 Å². The van der Waals surface area contributed by atoms with Crippen LogP contribution in [0.3, 0.4) is 0 Å². The molecule has 0 radical (unpaired) electrons. The molecule has 0 amide bonds. The van der Waals surface area contributed by atoms with Crippen LogP contribution >= 0.6 is 0 Å². The summed E-state index contributed by atoms with van der Waals surface area (Å²) in [6, 6.07) is 0. The molecule has 0 aliphatic rings. The summed E-state index contributed by atoms with van der Waals surface area (Å²) in [4.78, 5) is 12.6. The van der Waals surface area contributed by atoms with Gasteiger partial charge in [-0.15, -0.1) is 0 Å². The highest BCUT2D eigenvalue weighted by Crippen LogP contribution is 2.30. The van der Waals surface area contributed by atoms with E-state index in [0.717, 1.165) is 25.7 Å². The number of unbranched alkanes of at least 4 members (excludes halogenated alkanes) is 44. The number of aliphatic carboxylic acids is 1. The normalized spacial score (nSPS) is 12.7. The highest BCUT2D eigenvalue weighted by Gasteiger charge is 2.22. The third-order valence-corrected chi connectivity index (χ3v) is 13.8. The van der Waals surface area contributed by atoms with Crippen LogP contribution in [0.15, 0.2) is 0 Å². The van der Waals surface area contributed by atoms with E-state index in [-0.39, 0.29) is 5.92 Å². The van der Waals surface area contributed by atoms with Gasteiger partial charge in [-0.25, -0.2) is 0 Å². The highest BCUT2D eigenvalue weighted by atomic mass is 16.4. The van der Waals surface area contributed by atoms with Crippen molar-refractivity contribution in [2.75, 3.05) is 0 Å². The summed E-state index contributed by atoms with van der Waals surface area (Å²) in [5, 5.41) is 12.6. The van der Waals surface area contributed by atoms with E-state index in [9.17, 15) is 9.90 Å². The number of carboxylic acid groups (broad SMARTS) is 1. The summed E-state index contributed by atoms with van der Waals surface area (Å²) in [6.07, 6.45) is 68.0. The number of hydrogen-bond acceptors (Lipinski definition) is 2. The van der Waals surface area contributed by atoms with Crippen molar-refractivity contribution in [1.29, 1.82) is 0 Å². The topological polar surface area (TPSA) is 40.1 Å². The smallest absolute Gasteiger partial charge is 0.0448 e. The maximum atomic E-state index is 12.6. The van der Waals surface area contributed by atoms with Crippen molar-refractivity contribution in [2.24, 2.45) is 11.8 Å². The second-order valence-corrected chi connectivity index (χ2v) is 19.6. The molecule has 0 rings (SSSR count). The van der Waals surface area contributed by atoms with Gasteiger partial charge >= 0.3 is 0 Å². The van der Waals surface area contributed by atoms with E-state index in [4.69, 9.17) is 0 Å². The first kappa shape index (κ1) is 57.5. The summed E-state index contributed by atoms with van der Waals surface area (Å²) in [5.74, 6) is -0.645. The van der Waals surface area contributed by atoms with Crippen molar-refractivity contribution in [3.8, 4) is 0 Å². The largest absolute Gasteiger partial charge is 0.550 e. The second kappa shape index (κ2) is 50.8. The van der Waals surface area contributed by atoms with Crippen LogP contribution in [0, 0.1) is 11.8 Å². The van der Waals surface area contributed by atoms with E-state index < -0.39 is 5.97 Å². The Bertz CT molecular complexity index is 747. The van der Waals surface area contributed by atoms with E-state index >= 15 is 0 Å². The summed E-state index contributed by atoms with van der Waals surface area (Å²) in [7, 11) is 0. The van der Waals surface area contributed by atoms with E-state index in [1.54, 1.807) is 0 Å². The fraction of sp³-hybridized carbons (Fsp3) is 0.982. The molecule has 58 heavy (non-hydrogen) atoms. The fourth-order valence-corrected chi connectivity index (χ4v) is 9.74. The summed E-state index contributed by atoms with van der Waals surface area (Å²) >= 11 is 0. The lowest BCUT2D eigenvalue weighted by Crippen LogP contribution is -2.36. The predicted octanol–water partition coefficient (Wildman–Crippen LogP) is 19.5. The molecule has 2 heteroatoms. The first-order chi connectivity index (χ1) is 28.7. The van der Waals surface area contributed by atoms with Crippen molar-refractivity contribution in [1.82, 2.24) is 0 Å². The third kappa shape index (κ3) is 45.0. The minimum atomic E-state index is -0.747. The Hall–Kier alpha value is -0.530. The van der Waals surface area contributed by atoms with Gasteiger partial charge in [-0.3, -0.25) is 0 Å². The Balaban J connectivity index is 4.28. The van der Waals surface area contributed by atoms with Crippen LogP contribution in [0.25, 0.3) is 0 Å². The second-order valence-electron chi connectivity index (χ2n) is 19.6. The molecule has 0 saturated heterocycles. The molecule has 0 saturated carbocycles. The van der Waals surface area contributed by atoms with Gasteiger partial charge in [0.2, 0.25) is 0 Å². The van der Waals surface area contributed by atoms with Crippen molar-refractivity contribution >= 4 is 5.97 Å². The lowest BCUT2D eigenvalue weighted by atomic mass is 9.80. The van der Waals surface area contributed by atoms with Crippen LogP contribution in [-0.4, -0.2) is 5.97 Å². The quantitative estimate of drug-likeness (QED) is 0.0574. The number of hydrogen-bond donors (Lipinski definition) is 0. The van der Waals surface area contributed by atoms with Gasteiger partial charge in [0.25, 0.3) is 0 Å². The number of carbonyl (C=O) groups is 1. The Morgan fingerprint density at radius 2 is 0.414 bits per heavy atom. The van der Waals surface area contributed by atoms with E-state index in [1.807, 2.05) is 0 Å². The van der Waals surface area contributed by atoms with Gasteiger partial charge in [0, 0.05) is 11.9 Å². The molecular formula is C56H111O2-. The monoisotopic (exact) mass is 816 g/mol. The van der Waals surface area contributed by atoms with Gasteiger partial charge in [-0.05, 0) is 25.2 Å². The number of carbonyl (C=O) groups excluding carboxylic acids is 1.